The average Bonchev–Trinajstić information content (AvgIpc) is 3.95. The summed E-state index contributed by atoms with van der Waals surface area (Å²) >= 11 is 0. The fourth-order valence-electron chi connectivity index (χ4n) is 11.4. The molecule has 0 amide bonds. The highest BCUT2D eigenvalue weighted by Gasteiger charge is 2.26. The molecular weight excluding hydrogens is 813 g/mol. The minimum Gasteiger partial charge on any atom is -0.456 e. The van der Waals surface area contributed by atoms with Crippen LogP contribution in [0.2, 0.25) is 0 Å². The molecule has 0 unspecified atom stereocenters. The summed E-state index contributed by atoms with van der Waals surface area (Å²) in [7, 11) is 0. The van der Waals surface area contributed by atoms with E-state index in [4.69, 9.17) is 4.42 Å². The van der Waals surface area contributed by atoms with Crippen LogP contribution < -0.4 is 4.90 Å². The Kier molecular flexibility index (Phi) is 9.60. The van der Waals surface area contributed by atoms with Crippen LogP contribution in [0.25, 0.3) is 93.6 Å². The molecule has 13 rings (SSSR count). The van der Waals surface area contributed by atoms with Gasteiger partial charge in [0, 0.05) is 44.0 Å². The van der Waals surface area contributed by atoms with Gasteiger partial charge in [-0.1, -0.05) is 177 Å². The molecule has 1 fully saturated rings. The SMILES string of the molecule is c1ccc(-n2c3ccccc3c3c(-c4ccccc4N(c4cccc(-c5ccc6c(c5)oc5ccccc56)c4)c4ccccc4-c4cccc5cccc(C6CCCCC6)c45)cccc32)cc1. The van der Waals surface area contributed by atoms with Crippen LogP contribution in [0.5, 0.6) is 0 Å². The van der Waals surface area contributed by atoms with Crippen molar-refractivity contribution in [1.82, 2.24) is 4.57 Å². The molecule has 10 aromatic carbocycles. The van der Waals surface area contributed by atoms with Gasteiger partial charge >= 0.3 is 0 Å². The van der Waals surface area contributed by atoms with Crippen molar-refractivity contribution in [2.45, 2.75) is 38.0 Å². The van der Waals surface area contributed by atoms with E-state index in [0.29, 0.717) is 5.92 Å². The zero-order valence-electron chi connectivity index (χ0n) is 37.3. The molecule has 12 aromatic rings. The third-order valence-electron chi connectivity index (χ3n) is 14.4. The minimum atomic E-state index is 0.557. The zero-order valence-corrected chi connectivity index (χ0v) is 37.3. The van der Waals surface area contributed by atoms with Gasteiger partial charge in [0.2, 0.25) is 0 Å². The number of nitrogens with zero attached hydrogens (tertiary/aromatic N) is 2. The monoisotopic (exact) mass is 860 g/mol. The van der Waals surface area contributed by atoms with Gasteiger partial charge in [0.05, 0.1) is 22.4 Å². The van der Waals surface area contributed by atoms with E-state index in [1.54, 1.807) is 0 Å². The minimum absolute atomic E-state index is 0.557. The van der Waals surface area contributed by atoms with Gasteiger partial charge in [0.25, 0.3) is 0 Å². The number of hydrogen-bond acceptors (Lipinski definition) is 2. The lowest BCUT2D eigenvalue weighted by molar-refractivity contribution is 0.445. The molecule has 67 heavy (non-hydrogen) atoms. The molecule has 1 aliphatic carbocycles. The van der Waals surface area contributed by atoms with Gasteiger partial charge in [0.1, 0.15) is 11.2 Å². The Balaban J connectivity index is 1.06. The molecule has 0 N–H and O–H groups in total. The van der Waals surface area contributed by atoms with Crippen molar-refractivity contribution >= 4 is 71.6 Å². The second kappa shape index (κ2) is 16.4. The van der Waals surface area contributed by atoms with Crippen molar-refractivity contribution in [2.75, 3.05) is 4.90 Å². The topological polar surface area (TPSA) is 21.3 Å². The van der Waals surface area contributed by atoms with Crippen LogP contribution in [0.15, 0.2) is 229 Å². The first-order valence-corrected chi connectivity index (χ1v) is 23.9. The third kappa shape index (κ3) is 6.64. The lowest BCUT2D eigenvalue weighted by atomic mass is 9.80. The summed E-state index contributed by atoms with van der Waals surface area (Å²) in [6, 6.07) is 82.4. The predicted molar refractivity (Wildman–Crippen MR) is 282 cm³/mol. The van der Waals surface area contributed by atoms with Crippen LogP contribution in [0.4, 0.5) is 17.1 Å². The number of benzene rings is 10. The molecule has 2 heterocycles. The molecule has 0 aliphatic heterocycles. The summed E-state index contributed by atoms with van der Waals surface area (Å²) in [4.78, 5) is 2.52. The van der Waals surface area contributed by atoms with Crippen LogP contribution in [0.1, 0.15) is 43.6 Å². The quantitative estimate of drug-likeness (QED) is 0.152. The summed E-state index contributed by atoms with van der Waals surface area (Å²) < 4.78 is 8.85. The molecule has 0 atom stereocenters. The van der Waals surface area contributed by atoms with Crippen LogP contribution in [-0.2, 0) is 0 Å². The van der Waals surface area contributed by atoms with E-state index in [9.17, 15) is 0 Å². The fourth-order valence-corrected chi connectivity index (χ4v) is 11.4. The van der Waals surface area contributed by atoms with Gasteiger partial charge in [-0.05, 0) is 124 Å². The van der Waals surface area contributed by atoms with E-state index < -0.39 is 0 Å². The summed E-state index contributed by atoms with van der Waals surface area (Å²) in [6.45, 7) is 0. The molecule has 0 bridgehead atoms. The van der Waals surface area contributed by atoms with Crippen molar-refractivity contribution in [3.05, 3.63) is 230 Å². The van der Waals surface area contributed by atoms with Crippen LogP contribution >= 0.6 is 0 Å². The number of rotatable bonds is 8. The van der Waals surface area contributed by atoms with E-state index in [1.807, 2.05) is 6.07 Å². The molecule has 320 valence electrons. The number of para-hydroxylation sites is 5. The van der Waals surface area contributed by atoms with Crippen LogP contribution in [0.3, 0.4) is 0 Å². The summed E-state index contributed by atoms with van der Waals surface area (Å²) in [5.74, 6) is 0.557. The standard InChI is InChI=1S/C64H48N2O/c1-3-19-43(20-4-1)49-31-16-21-44-22-17-32-54(63(44)49)50-27-7-11-34-57(50)66(48-26-15-23-45(41-48)46-39-40-53-52-29-10-14-38-61(52)67-62(53)42-46)58-35-12-8-28-51(58)55-33-18-37-60-64(55)56-30-9-13-36-59(56)65(60)47-24-5-2-6-25-47/h2,5-18,21-43H,1,3-4,19-20H2. The van der Waals surface area contributed by atoms with Crippen LogP contribution in [-0.4, -0.2) is 4.57 Å². The molecule has 0 saturated heterocycles. The highest BCUT2D eigenvalue weighted by atomic mass is 16.3. The summed E-state index contributed by atoms with van der Waals surface area (Å²) in [5, 5.41) is 7.41. The van der Waals surface area contributed by atoms with E-state index in [1.165, 1.54) is 86.9 Å². The molecule has 0 radical (unpaired) electrons. The third-order valence-corrected chi connectivity index (χ3v) is 14.4. The van der Waals surface area contributed by atoms with E-state index in [2.05, 4.69) is 228 Å². The fraction of sp³-hybridized carbons (Fsp3) is 0.0938. The lowest BCUT2D eigenvalue weighted by Gasteiger charge is -2.31. The Bertz CT molecular complexity index is 3810. The second-order valence-corrected chi connectivity index (χ2v) is 18.2. The maximum absolute atomic E-state index is 6.43. The average molecular weight is 861 g/mol. The Labute approximate surface area is 390 Å². The first kappa shape index (κ1) is 39.2. The second-order valence-electron chi connectivity index (χ2n) is 18.2. The lowest BCUT2D eigenvalue weighted by Crippen LogP contribution is -2.13. The Hall–Kier alpha value is -8.14. The van der Waals surface area contributed by atoms with Crippen molar-refractivity contribution < 1.29 is 4.42 Å². The number of hydrogen-bond donors (Lipinski definition) is 0. The number of fused-ring (bicyclic) bond motifs is 7. The Morgan fingerprint density at radius 3 is 1.81 bits per heavy atom. The normalized spacial score (nSPS) is 13.3. The van der Waals surface area contributed by atoms with E-state index in [-0.39, 0.29) is 0 Å². The first-order valence-electron chi connectivity index (χ1n) is 23.9. The first-order chi connectivity index (χ1) is 33.3. The molecule has 2 aromatic heterocycles. The molecule has 3 heteroatoms. The van der Waals surface area contributed by atoms with E-state index in [0.717, 1.165) is 61.4 Å². The van der Waals surface area contributed by atoms with Gasteiger partial charge < -0.3 is 13.9 Å². The highest BCUT2D eigenvalue weighted by molar-refractivity contribution is 6.17. The summed E-state index contributed by atoms with van der Waals surface area (Å²) in [6.07, 6.45) is 6.40. The predicted octanol–water partition coefficient (Wildman–Crippen LogP) is 18.4. The Morgan fingerprint density at radius 1 is 0.403 bits per heavy atom. The summed E-state index contributed by atoms with van der Waals surface area (Å²) in [5.41, 5.74) is 17.2. The smallest absolute Gasteiger partial charge is 0.136 e. The number of furan rings is 1. The van der Waals surface area contributed by atoms with Crippen molar-refractivity contribution in [3.63, 3.8) is 0 Å². The zero-order chi connectivity index (χ0) is 44.3. The molecular formula is C64H48N2O. The molecule has 1 saturated carbocycles. The van der Waals surface area contributed by atoms with Gasteiger partial charge in [0.15, 0.2) is 0 Å². The van der Waals surface area contributed by atoms with Crippen molar-refractivity contribution in [3.8, 4) is 39.1 Å². The van der Waals surface area contributed by atoms with Crippen LogP contribution in [0, 0.1) is 0 Å². The maximum atomic E-state index is 6.43. The molecule has 1 aliphatic rings. The largest absolute Gasteiger partial charge is 0.456 e. The number of anilines is 3. The number of aromatic nitrogens is 1. The maximum Gasteiger partial charge on any atom is 0.136 e. The molecule has 3 nitrogen and oxygen atoms in total. The highest BCUT2D eigenvalue weighted by Crippen LogP contribution is 2.50. The van der Waals surface area contributed by atoms with Gasteiger partial charge in [-0.2, -0.15) is 0 Å². The van der Waals surface area contributed by atoms with Crippen molar-refractivity contribution in [1.29, 1.82) is 0 Å². The van der Waals surface area contributed by atoms with Gasteiger partial charge in [-0.3, -0.25) is 0 Å². The van der Waals surface area contributed by atoms with Gasteiger partial charge in [-0.25, -0.2) is 0 Å². The van der Waals surface area contributed by atoms with E-state index >= 15 is 0 Å². The van der Waals surface area contributed by atoms with Gasteiger partial charge in [-0.15, -0.1) is 0 Å². The molecule has 0 spiro atoms. The Morgan fingerprint density at radius 2 is 1.00 bits per heavy atom. The van der Waals surface area contributed by atoms with Crippen molar-refractivity contribution in [2.24, 2.45) is 0 Å².